The van der Waals surface area contributed by atoms with Crippen LogP contribution in [0.4, 0.5) is 0 Å². The fourth-order valence-electron chi connectivity index (χ4n) is 2.70. The van der Waals surface area contributed by atoms with E-state index < -0.39 is 0 Å². The number of piperidine rings is 1. The van der Waals surface area contributed by atoms with Crippen LogP contribution >= 0.6 is 0 Å². The molecule has 2 heteroatoms. The van der Waals surface area contributed by atoms with Crippen LogP contribution < -0.4 is 0 Å². The van der Waals surface area contributed by atoms with Crippen molar-refractivity contribution in [2.24, 2.45) is 23.2 Å². The highest BCUT2D eigenvalue weighted by Gasteiger charge is 2.66. The molecule has 1 aliphatic carbocycles. The van der Waals surface area contributed by atoms with Gasteiger partial charge in [-0.05, 0) is 17.3 Å². The molecule has 2 unspecified atom stereocenters. The normalized spacial score (nSPS) is 35.5. The third-order valence-electron chi connectivity index (χ3n) is 3.63. The zero-order chi connectivity index (χ0) is 9.80. The van der Waals surface area contributed by atoms with Gasteiger partial charge in [0.05, 0.1) is 0 Å². The van der Waals surface area contributed by atoms with Crippen LogP contribution in [-0.4, -0.2) is 23.9 Å². The Labute approximate surface area is 80.3 Å². The zero-order valence-corrected chi connectivity index (χ0v) is 9.00. The fourth-order valence-corrected chi connectivity index (χ4v) is 2.70. The van der Waals surface area contributed by atoms with Crippen molar-refractivity contribution in [2.45, 2.75) is 27.7 Å². The predicted octanol–water partition coefficient (Wildman–Crippen LogP) is 1.76. The van der Waals surface area contributed by atoms with Crippen molar-refractivity contribution in [3.63, 3.8) is 0 Å². The topological polar surface area (TPSA) is 20.3 Å². The number of amides is 1. The molecule has 0 bridgehead atoms. The molecule has 2 aliphatic rings. The second kappa shape index (κ2) is 2.49. The number of hydrogen-bond acceptors (Lipinski definition) is 1. The summed E-state index contributed by atoms with van der Waals surface area (Å²) in [5.74, 6) is 2.01. The molecule has 1 heterocycles. The van der Waals surface area contributed by atoms with Crippen molar-refractivity contribution in [3.8, 4) is 0 Å². The Morgan fingerprint density at radius 3 is 2.54 bits per heavy atom. The first-order valence-electron chi connectivity index (χ1n) is 5.23. The number of hydrogen-bond donors (Lipinski definition) is 0. The lowest BCUT2D eigenvalue weighted by Crippen LogP contribution is -2.34. The Kier molecular flexibility index (Phi) is 1.73. The van der Waals surface area contributed by atoms with Gasteiger partial charge in [-0.15, -0.1) is 0 Å². The predicted molar refractivity (Wildman–Crippen MR) is 52.2 cm³/mol. The lowest BCUT2D eigenvalue weighted by molar-refractivity contribution is -0.131. The average molecular weight is 181 g/mol. The van der Waals surface area contributed by atoms with Gasteiger partial charge in [-0.3, -0.25) is 4.79 Å². The largest absolute Gasteiger partial charge is 0.342 e. The maximum atomic E-state index is 11.8. The van der Waals surface area contributed by atoms with Gasteiger partial charge in [0.1, 0.15) is 0 Å². The molecule has 2 atom stereocenters. The van der Waals surface area contributed by atoms with Crippen LogP contribution in [0.2, 0.25) is 0 Å². The minimum Gasteiger partial charge on any atom is -0.342 e. The number of nitrogens with zero attached hydrogens (tertiary/aromatic N) is 1. The molecule has 0 aromatic carbocycles. The van der Waals surface area contributed by atoms with Gasteiger partial charge >= 0.3 is 0 Å². The molecule has 1 saturated carbocycles. The Morgan fingerprint density at radius 2 is 2.15 bits per heavy atom. The summed E-state index contributed by atoms with van der Waals surface area (Å²) in [7, 11) is 0. The lowest BCUT2D eigenvalue weighted by Gasteiger charge is -2.23. The monoisotopic (exact) mass is 181 g/mol. The van der Waals surface area contributed by atoms with E-state index in [4.69, 9.17) is 0 Å². The van der Waals surface area contributed by atoms with E-state index in [2.05, 4.69) is 27.7 Å². The van der Waals surface area contributed by atoms with Gasteiger partial charge < -0.3 is 4.90 Å². The highest BCUT2D eigenvalue weighted by Crippen LogP contribution is 2.62. The highest BCUT2D eigenvalue weighted by molar-refractivity contribution is 5.86. The maximum Gasteiger partial charge on any atom is 0.226 e. The van der Waals surface area contributed by atoms with Gasteiger partial charge in [0, 0.05) is 19.0 Å². The van der Waals surface area contributed by atoms with E-state index >= 15 is 0 Å². The molecule has 0 radical (unpaired) electrons. The summed E-state index contributed by atoms with van der Waals surface area (Å²) in [6, 6.07) is 0. The standard InChI is InChI=1S/C11H19NO/c1-7(2)5-12-6-8-9(10(12)13)11(8,3)4/h7-9H,5-6H2,1-4H3. The van der Waals surface area contributed by atoms with E-state index in [9.17, 15) is 4.79 Å². The Bertz CT molecular complexity index is 244. The summed E-state index contributed by atoms with van der Waals surface area (Å²) in [5, 5.41) is 0. The van der Waals surface area contributed by atoms with Crippen LogP contribution in [0.3, 0.4) is 0 Å². The van der Waals surface area contributed by atoms with Crippen LogP contribution in [-0.2, 0) is 4.79 Å². The number of rotatable bonds is 2. The summed E-state index contributed by atoms with van der Waals surface area (Å²) in [6.45, 7) is 10.7. The summed E-state index contributed by atoms with van der Waals surface area (Å²) < 4.78 is 0. The third-order valence-corrected chi connectivity index (χ3v) is 3.63. The minimum absolute atomic E-state index is 0.310. The van der Waals surface area contributed by atoms with Gasteiger partial charge in [0.2, 0.25) is 5.91 Å². The Morgan fingerprint density at radius 1 is 1.54 bits per heavy atom. The van der Waals surface area contributed by atoms with Crippen molar-refractivity contribution < 1.29 is 4.79 Å². The first-order chi connectivity index (χ1) is 5.94. The van der Waals surface area contributed by atoms with E-state index in [-0.39, 0.29) is 0 Å². The Hall–Kier alpha value is -0.530. The molecule has 2 fully saturated rings. The van der Waals surface area contributed by atoms with Gasteiger partial charge in [-0.2, -0.15) is 0 Å². The number of fused-ring (bicyclic) bond motifs is 1. The van der Waals surface area contributed by atoms with E-state index in [1.807, 2.05) is 4.90 Å². The second-order valence-electron chi connectivity index (χ2n) is 5.54. The van der Waals surface area contributed by atoms with E-state index in [0.29, 0.717) is 29.1 Å². The van der Waals surface area contributed by atoms with Gasteiger partial charge in [-0.25, -0.2) is 0 Å². The molecule has 0 aromatic heterocycles. The summed E-state index contributed by atoms with van der Waals surface area (Å²) >= 11 is 0. The van der Waals surface area contributed by atoms with E-state index in [1.54, 1.807) is 0 Å². The molecule has 1 saturated heterocycles. The van der Waals surface area contributed by atoms with Crippen LogP contribution in [0.25, 0.3) is 0 Å². The van der Waals surface area contributed by atoms with Crippen molar-refractivity contribution in [2.75, 3.05) is 13.1 Å². The van der Waals surface area contributed by atoms with Crippen molar-refractivity contribution in [1.29, 1.82) is 0 Å². The van der Waals surface area contributed by atoms with Crippen LogP contribution in [0.1, 0.15) is 27.7 Å². The Balaban J connectivity index is 1.98. The quantitative estimate of drug-likeness (QED) is 0.635. The number of carbonyl (C=O) groups excluding carboxylic acids is 1. The molecule has 2 nitrogen and oxygen atoms in total. The first kappa shape index (κ1) is 9.04. The molecule has 0 N–H and O–H groups in total. The zero-order valence-electron chi connectivity index (χ0n) is 9.00. The van der Waals surface area contributed by atoms with Gasteiger partial charge in [0.25, 0.3) is 0 Å². The van der Waals surface area contributed by atoms with Crippen molar-refractivity contribution >= 4 is 5.91 Å². The van der Waals surface area contributed by atoms with E-state index in [0.717, 1.165) is 13.1 Å². The summed E-state index contributed by atoms with van der Waals surface area (Å²) in [4.78, 5) is 13.9. The van der Waals surface area contributed by atoms with Crippen LogP contribution in [0.5, 0.6) is 0 Å². The molecular weight excluding hydrogens is 162 g/mol. The molecular formula is C11H19NO. The fraction of sp³-hybridized carbons (Fsp3) is 0.909. The minimum atomic E-state index is 0.310. The highest BCUT2D eigenvalue weighted by atomic mass is 16.2. The molecule has 1 amide bonds. The molecule has 0 spiro atoms. The molecule has 13 heavy (non-hydrogen) atoms. The van der Waals surface area contributed by atoms with Crippen molar-refractivity contribution in [3.05, 3.63) is 0 Å². The smallest absolute Gasteiger partial charge is 0.226 e. The first-order valence-corrected chi connectivity index (χ1v) is 5.23. The number of likely N-dealkylation sites (tertiary alicyclic amines) is 1. The second-order valence-corrected chi connectivity index (χ2v) is 5.54. The average Bonchev–Trinajstić information content (AvgIpc) is 2.33. The van der Waals surface area contributed by atoms with Gasteiger partial charge in [0.15, 0.2) is 0 Å². The number of carbonyl (C=O) groups is 1. The maximum absolute atomic E-state index is 11.8. The summed E-state index contributed by atoms with van der Waals surface area (Å²) in [6.07, 6.45) is 0. The molecule has 74 valence electrons. The SMILES string of the molecule is CC(C)CN1CC2C(C1=O)C2(C)C. The summed E-state index contributed by atoms with van der Waals surface area (Å²) in [5.41, 5.74) is 0.310. The molecule has 1 aliphatic heterocycles. The third kappa shape index (κ3) is 1.18. The van der Waals surface area contributed by atoms with E-state index in [1.165, 1.54) is 0 Å². The van der Waals surface area contributed by atoms with Crippen LogP contribution in [0.15, 0.2) is 0 Å². The van der Waals surface area contributed by atoms with Crippen LogP contribution in [0, 0.1) is 23.2 Å². The molecule has 2 rings (SSSR count). The van der Waals surface area contributed by atoms with Gasteiger partial charge in [-0.1, -0.05) is 27.7 Å². The van der Waals surface area contributed by atoms with Crippen molar-refractivity contribution in [1.82, 2.24) is 4.90 Å². The molecule has 0 aromatic rings. The lowest BCUT2D eigenvalue weighted by atomic mass is 10.1.